The minimum Gasteiger partial charge on any atom is -0.480 e. The van der Waals surface area contributed by atoms with E-state index < -0.39 is 5.97 Å². The smallest absolute Gasteiger partial charge is 0.317 e. The maximum atomic E-state index is 12.5. The molecule has 27 heavy (non-hydrogen) atoms. The molecule has 1 aromatic rings. The average Bonchev–Trinajstić information content (AvgIpc) is 2.85. The van der Waals surface area contributed by atoms with Gasteiger partial charge in [-0.15, -0.1) is 0 Å². The lowest BCUT2D eigenvalue weighted by molar-refractivity contribution is -0.138. The Labute approximate surface area is 166 Å². The van der Waals surface area contributed by atoms with E-state index in [1.165, 1.54) is 0 Å². The van der Waals surface area contributed by atoms with Gasteiger partial charge in [0.2, 0.25) is 5.91 Å². The molecule has 2 unspecified atom stereocenters. The van der Waals surface area contributed by atoms with E-state index in [0.29, 0.717) is 11.6 Å². The number of hydrogen-bond donors (Lipinski definition) is 2. The van der Waals surface area contributed by atoms with Crippen LogP contribution in [0.3, 0.4) is 0 Å². The molecule has 1 saturated heterocycles. The Kier molecular flexibility index (Phi) is 8.54. The lowest BCUT2D eigenvalue weighted by Crippen LogP contribution is -2.40. The van der Waals surface area contributed by atoms with E-state index in [-0.39, 0.29) is 24.5 Å². The minimum absolute atomic E-state index is 0.0174. The van der Waals surface area contributed by atoms with Gasteiger partial charge in [-0.1, -0.05) is 30.7 Å². The minimum atomic E-state index is -0.800. The Balaban J connectivity index is 1.84. The Bertz CT molecular complexity index is 623. The van der Waals surface area contributed by atoms with Crippen molar-refractivity contribution in [2.75, 3.05) is 33.2 Å². The number of carboxylic acids is 1. The maximum Gasteiger partial charge on any atom is 0.317 e. The molecule has 2 N–H and O–H groups in total. The first-order valence-electron chi connectivity index (χ1n) is 9.58. The second kappa shape index (κ2) is 10.6. The van der Waals surface area contributed by atoms with E-state index in [1.54, 1.807) is 0 Å². The second-order valence-corrected chi connectivity index (χ2v) is 7.69. The standard InChI is InChI=1S/C20H30ClN3O3/c1-3-18(15-6-8-16(21)9-7-15)22-19(25)13-24-11-4-5-17(10-12-24)23(2)14-20(26)27/h6-9,17-18H,3-5,10-14H2,1-2H3,(H,22,25)(H,26,27). The summed E-state index contributed by atoms with van der Waals surface area (Å²) in [5, 5.41) is 12.8. The van der Waals surface area contributed by atoms with Gasteiger partial charge in [0.05, 0.1) is 19.1 Å². The van der Waals surface area contributed by atoms with Crippen molar-refractivity contribution >= 4 is 23.5 Å². The number of aliphatic carboxylic acids is 1. The lowest BCUT2D eigenvalue weighted by Gasteiger charge is -2.26. The zero-order valence-corrected chi connectivity index (χ0v) is 16.9. The fraction of sp³-hybridized carbons (Fsp3) is 0.600. The molecule has 0 bridgehead atoms. The van der Waals surface area contributed by atoms with E-state index in [4.69, 9.17) is 16.7 Å². The van der Waals surface area contributed by atoms with E-state index in [9.17, 15) is 9.59 Å². The summed E-state index contributed by atoms with van der Waals surface area (Å²) in [4.78, 5) is 27.5. The predicted molar refractivity (Wildman–Crippen MR) is 107 cm³/mol. The van der Waals surface area contributed by atoms with Crippen LogP contribution in [0, 0.1) is 0 Å². The second-order valence-electron chi connectivity index (χ2n) is 7.25. The number of benzene rings is 1. The number of nitrogens with zero attached hydrogens (tertiary/aromatic N) is 2. The third kappa shape index (κ3) is 7.13. The predicted octanol–water partition coefficient (Wildman–Crippen LogP) is 2.78. The van der Waals surface area contributed by atoms with E-state index in [0.717, 1.165) is 44.3 Å². The molecule has 150 valence electrons. The fourth-order valence-electron chi connectivity index (χ4n) is 3.64. The summed E-state index contributed by atoms with van der Waals surface area (Å²) in [5.74, 6) is -0.778. The number of rotatable bonds is 8. The zero-order chi connectivity index (χ0) is 19.8. The van der Waals surface area contributed by atoms with Gasteiger partial charge in [-0.3, -0.25) is 19.4 Å². The van der Waals surface area contributed by atoms with E-state index in [1.807, 2.05) is 43.1 Å². The molecule has 6 nitrogen and oxygen atoms in total. The molecule has 0 spiro atoms. The summed E-state index contributed by atoms with van der Waals surface area (Å²) in [5.41, 5.74) is 1.06. The van der Waals surface area contributed by atoms with E-state index in [2.05, 4.69) is 10.2 Å². The fourth-order valence-corrected chi connectivity index (χ4v) is 3.76. The largest absolute Gasteiger partial charge is 0.480 e. The first-order chi connectivity index (χ1) is 12.9. The van der Waals surface area contributed by atoms with Gasteiger partial charge in [0.1, 0.15) is 0 Å². The first kappa shape index (κ1) is 21.7. The van der Waals surface area contributed by atoms with Crippen molar-refractivity contribution in [3.05, 3.63) is 34.9 Å². The first-order valence-corrected chi connectivity index (χ1v) is 9.96. The van der Waals surface area contributed by atoms with Crippen LogP contribution in [0.1, 0.15) is 44.2 Å². The van der Waals surface area contributed by atoms with Gasteiger partial charge in [0.25, 0.3) is 0 Å². The van der Waals surface area contributed by atoms with Gasteiger partial charge in [0, 0.05) is 17.6 Å². The molecule has 1 aliphatic heterocycles. The van der Waals surface area contributed by atoms with Crippen molar-refractivity contribution in [1.82, 2.24) is 15.1 Å². The molecule has 1 aromatic carbocycles. The number of carboxylic acid groups (broad SMARTS) is 1. The quantitative estimate of drug-likeness (QED) is 0.708. The average molecular weight is 396 g/mol. The van der Waals surface area contributed by atoms with Crippen LogP contribution in [0.15, 0.2) is 24.3 Å². The van der Waals surface area contributed by atoms with Crippen molar-refractivity contribution < 1.29 is 14.7 Å². The highest BCUT2D eigenvalue weighted by Gasteiger charge is 2.23. The van der Waals surface area contributed by atoms with Crippen LogP contribution in [-0.2, 0) is 9.59 Å². The summed E-state index contributed by atoms with van der Waals surface area (Å²) in [6, 6.07) is 7.82. The zero-order valence-electron chi connectivity index (χ0n) is 16.2. The number of hydrogen-bond acceptors (Lipinski definition) is 4. The monoisotopic (exact) mass is 395 g/mol. The SMILES string of the molecule is CCC(NC(=O)CN1CCCC(N(C)CC(=O)O)CC1)c1ccc(Cl)cc1. The number of carbonyl (C=O) groups is 2. The number of carbonyl (C=O) groups excluding carboxylic acids is 1. The summed E-state index contributed by atoms with van der Waals surface area (Å²) < 4.78 is 0. The maximum absolute atomic E-state index is 12.5. The molecule has 0 saturated carbocycles. The molecule has 7 heteroatoms. The van der Waals surface area contributed by atoms with E-state index >= 15 is 0 Å². The number of likely N-dealkylation sites (tertiary alicyclic amines) is 1. The van der Waals surface area contributed by atoms with Crippen LogP contribution in [0.4, 0.5) is 0 Å². The van der Waals surface area contributed by atoms with Crippen molar-refractivity contribution in [3.63, 3.8) is 0 Å². The normalized spacial score (nSPS) is 19.5. The Hall–Kier alpha value is -1.63. The van der Waals surface area contributed by atoms with Crippen LogP contribution in [-0.4, -0.2) is 66.1 Å². The Morgan fingerprint density at radius 2 is 2.00 bits per heavy atom. The molecular formula is C20H30ClN3O3. The van der Waals surface area contributed by atoms with Crippen LogP contribution >= 0.6 is 11.6 Å². The molecule has 1 fully saturated rings. The number of amides is 1. The van der Waals surface area contributed by atoms with Gasteiger partial charge in [-0.25, -0.2) is 0 Å². The summed E-state index contributed by atoms with van der Waals surface area (Å²) in [6.07, 6.45) is 3.63. The molecule has 1 heterocycles. The highest BCUT2D eigenvalue weighted by molar-refractivity contribution is 6.30. The van der Waals surface area contributed by atoms with Crippen LogP contribution in [0.5, 0.6) is 0 Å². The molecule has 2 rings (SSSR count). The molecule has 0 aromatic heterocycles. The highest BCUT2D eigenvalue weighted by Crippen LogP contribution is 2.20. The van der Waals surface area contributed by atoms with Crippen LogP contribution in [0.2, 0.25) is 5.02 Å². The van der Waals surface area contributed by atoms with Crippen LogP contribution in [0.25, 0.3) is 0 Å². The third-order valence-corrected chi connectivity index (χ3v) is 5.43. The number of nitrogens with one attached hydrogen (secondary N) is 1. The number of likely N-dealkylation sites (N-methyl/N-ethyl adjacent to an activating group) is 1. The van der Waals surface area contributed by atoms with Gasteiger partial charge in [-0.2, -0.15) is 0 Å². The van der Waals surface area contributed by atoms with Gasteiger partial charge in [-0.05, 0) is 57.0 Å². The number of halogens is 1. The van der Waals surface area contributed by atoms with Gasteiger partial charge >= 0.3 is 5.97 Å². The third-order valence-electron chi connectivity index (χ3n) is 5.18. The Morgan fingerprint density at radius 1 is 1.30 bits per heavy atom. The van der Waals surface area contributed by atoms with Crippen molar-refractivity contribution in [2.45, 2.75) is 44.7 Å². The lowest BCUT2D eigenvalue weighted by atomic mass is 10.0. The summed E-state index contributed by atoms with van der Waals surface area (Å²) in [6.45, 7) is 4.15. The summed E-state index contributed by atoms with van der Waals surface area (Å²) >= 11 is 5.94. The molecule has 0 radical (unpaired) electrons. The molecule has 2 atom stereocenters. The molecular weight excluding hydrogens is 366 g/mol. The van der Waals surface area contributed by atoms with Crippen molar-refractivity contribution in [1.29, 1.82) is 0 Å². The van der Waals surface area contributed by atoms with Crippen LogP contribution < -0.4 is 5.32 Å². The molecule has 1 aliphatic rings. The molecule has 0 aliphatic carbocycles. The molecule has 1 amide bonds. The van der Waals surface area contributed by atoms with Crippen molar-refractivity contribution in [3.8, 4) is 0 Å². The topological polar surface area (TPSA) is 72.9 Å². The van der Waals surface area contributed by atoms with Gasteiger partial charge in [0.15, 0.2) is 0 Å². The highest BCUT2D eigenvalue weighted by atomic mass is 35.5. The van der Waals surface area contributed by atoms with Crippen molar-refractivity contribution in [2.24, 2.45) is 0 Å². The Morgan fingerprint density at radius 3 is 2.63 bits per heavy atom. The summed E-state index contributed by atoms with van der Waals surface area (Å²) in [7, 11) is 1.86. The van der Waals surface area contributed by atoms with Gasteiger partial charge < -0.3 is 10.4 Å².